The highest BCUT2D eigenvalue weighted by atomic mass is 35.5. The van der Waals surface area contributed by atoms with Crippen molar-refractivity contribution in [2.45, 2.75) is 18.9 Å². The SMILES string of the molecule is O=C(Nc1ccnc(Cl)n1)[C@H]1CCCN1. The van der Waals surface area contributed by atoms with Crippen molar-refractivity contribution in [2.24, 2.45) is 0 Å². The standard InChI is InChI=1S/C9H11ClN4O/c10-9-12-5-3-7(14-9)13-8(15)6-2-1-4-11-6/h3,5-6,11H,1-2,4H2,(H,12,13,14,15)/t6-/m1/s1. The quantitative estimate of drug-likeness (QED) is 0.733. The van der Waals surface area contributed by atoms with Gasteiger partial charge in [0, 0.05) is 6.20 Å². The Hall–Kier alpha value is -1.20. The highest BCUT2D eigenvalue weighted by Crippen LogP contribution is 2.10. The molecule has 0 radical (unpaired) electrons. The van der Waals surface area contributed by atoms with Crippen LogP contribution in [0, 0.1) is 0 Å². The van der Waals surface area contributed by atoms with Crippen molar-refractivity contribution in [2.75, 3.05) is 11.9 Å². The van der Waals surface area contributed by atoms with Gasteiger partial charge >= 0.3 is 0 Å². The lowest BCUT2D eigenvalue weighted by Gasteiger charge is -2.09. The highest BCUT2D eigenvalue weighted by molar-refractivity contribution is 6.28. The van der Waals surface area contributed by atoms with Gasteiger partial charge < -0.3 is 10.6 Å². The lowest BCUT2D eigenvalue weighted by Crippen LogP contribution is -2.35. The molecule has 0 spiro atoms. The second-order valence-electron chi connectivity index (χ2n) is 3.35. The van der Waals surface area contributed by atoms with Gasteiger partial charge in [0.25, 0.3) is 0 Å². The van der Waals surface area contributed by atoms with Crippen molar-refractivity contribution >= 4 is 23.3 Å². The number of rotatable bonds is 2. The molecule has 5 nitrogen and oxygen atoms in total. The first-order chi connectivity index (χ1) is 7.25. The number of carbonyl (C=O) groups excluding carboxylic acids is 1. The maximum atomic E-state index is 11.6. The molecule has 0 bridgehead atoms. The van der Waals surface area contributed by atoms with Gasteiger partial charge in [0.15, 0.2) is 0 Å². The molecule has 1 atom stereocenters. The Labute approximate surface area is 92.3 Å². The highest BCUT2D eigenvalue weighted by Gasteiger charge is 2.22. The van der Waals surface area contributed by atoms with Crippen molar-refractivity contribution in [3.8, 4) is 0 Å². The molecule has 80 valence electrons. The van der Waals surface area contributed by atoms with Crippen molar-refractivity contribution < 1.29 is 4.79 Å². The molecule has 0 aromatic carbocycles. The van der Waals surface area contributed by atoms with E-state index in [-0.39, 0.29) is 17.2 Å². The third-order valence-electron chi connectivity index (χ3n) is 2.25. The molecular formula is C9H11ClN4O. The Bertz CT molecular complexity index is 365. The van der Waals surface area contributed by atoms with Gasteiger partial charge in [-0.3, -0.25) is 4.79 Å². The van der Waals surface area contributed by atoms with E-state index in [1.54, 1.807) is 6.07 Å². The maximum Gasteiger partial charge on any atom is 0.242 e. The summed E-state index contributed by atoms with van der Waals surface area (Å²) in [5.41, 5.74) is 0. The number of nitrogens with one attached hydrogen (secondary N) is 2. The molecule has 15 heavy (non-hydrogen) atoms. The van der Waals surface area contributed by atoms with Gasteiger partial charge in [0.1, 0.15) is 5.82 Å². The summed E-state index contributed by atoms with van der Waals surface area (Å²) in [4.78, 5) is 19.3. The second-order valence-corrected chi connectivity index (χ2v) is 3.69. The van der Waals surface area contributed by atoms with E-state index in [1.807, 2.05) is 0 Å². The monoisotopic (exact) mass is 226 g/mol. The van der Waals surface area contributed by atoms with Crippen LogP contribution >= 0.6 is 11.6 Å². The summed E-state index contributed by atoms with van der Waals surface area (Å²) < 4.78 is 0. The molecule has 2 rings (SSSR count). The van der Waals surface area contributed by atoms with Crippen LogP contribution in [0.15, 0.2) is 12.3 Å². The van der Waals surface area contributed by atoms with E-state index in [2.05, 4.69) is 20.6 Å². The van der Waals surface area contributed by atoms with Crippen molar-refractivity contribution in [1.29, 1.82) is 0 Å². The van der Waals surface area contributed by atoms with Gasteiger partial charge in [-0.25, -0.2) is 9.97 Å². The smallest absolute Gasteiger partial charge is 0.242 e. The third-order valence-corrected chi connectivity index (χ3v) is 2.44. The molecule has 1 aromatic rings. The minimum absolute atomic E-state index is 0.0673. The van der Waals surface area contributed by atoms with Crippen molar-refractivity contribution in [3.05, 3.63) is 17.5 Å². The first kappa shape index (κ1) is 10.3. The van der Waals surface area contributed by atoms with Crippen LogP contribution in [0.5, 0.6) is 0 Å². The van der Waals surface area contributed by atoms with Gasteiger partial charge in [0.2, 0.25) is 11.2 Å². The van der Waals surface area contributed by atoms with Crippen LogP contribution in [0.1, 0.15) is 12.8 Å². The molecule has 1 amide bonds. The topological polar surface area (TPSA) is 66.9 Å². The molecule has 1 aromatic heterocycles. The van der Waals surface area contributed by atoms with Gasteiger partial charge in [-0.15, -0.1) is 0 Å². The number of anilines is 1. The van der Waals surface area contributed by atoms with Crippen molar-refractivity contribution in [3.63, 3.8) is 0 Å². The van der Waals surface area contributed by atoms with E-state index in [9.17, 15) is 4.79 Å². The minimum Gasteiger partial charge on any atom is -0.309 e. The number of amides is 1. The van der Waals surface area contributed by atoms with Crippen LogP contribution < -0.4 is 10.6 Å². The zero-order chi connectivity index (χ0) is 10.7. The lowest BCUT2D eigenvalue weighted by atomic mass is 10.2. The average molecular weight is 227 g/mol. The molecule has 6 heteroatoms. The minimum atomic E-state index is -0.112. The molecular weight excluding hydrogens is 216 g/mol. The first-order valence-electron chi connectivity index (χ1n) is 4.78. The maximum absolute atomic E-state index is 11.6. The summed E-state index contributed by atoms with van der Waals surface area (Å²) in [6, 6.07) is 1.50. The van der Waals surface area contributed by atoms with Crippen LogP contribution in [0.4, 0.5) is 5.82 Å². The van der Waals surface area contributed by atoms with E-state index in [1.165, 1.54) is 6.20 Å². The Balaban J connectivity index is 1.99. The van der Waals surface area contributed by atoms with Crippen molar-refractivity contribution in [1.82, 2.24) is 15.3 Å². The zero-order valence-corrected chi connectivity index (χ0v) is 8.79. The molecule has 1 saturated heterocycles. The fourth-order valence-electron chi connectivity index (χ4n) is 1.53. The molecule has 0 unspecified atom stereocenters. The van der Waals surface area contributed by atoms with E-state index >= 15 is 0 Å². The van der Waals surface area contributed by atoms with Gasteiger partial charge in [-0.2, -0.15) is 0 Å². The average Bonchev–Trinajstić information content (AvgIpc) is 2.70. The number of hydrogen-bond acceptors (Lipinski definition) is 4. The number of nitrogens with zero attached hydrogens (tertiary/aromatic N) is 2. The Morgan fingerprint density at radius 3 is 3.20 bits per heavy atom. The van der Waals surface area contributed by atoms with E-state index < -0.39 is 0 Å². The number of hydrogen-bond donors (Lipinski definition) is 2. The van der Waals surface area contributed by atoms with Crippen LogP contribution in [0.25, 0.3) is 0 Å². The van der Waals surface area contributed by atoms with Crippen LogP contribution in [-0.4, -0.2) is 28.5 Å². The zero-order valence-electron chi connectivity index (χ0n) is 8.03. The Morgan fingerprint density at radius 1 is 1.67 bits per heavy atom. The molecule has 1 fully saturated rings. The number of carbonyl (C=O) groups is 1. The van der Waals surface area contributed by atoms with Crippen LogP contribution in [0.2, 0.25) is 5.28 Å². The van der Waals surface area contributed by atoms with Crippen LogP contribution in [-0.2, 0) is 4.79 Å². The van der Waals surface area contributed by atoms with E-state index in [4.69, 9.17) is 11.6 Å². The van der Waals surface area contributed by atoms with E-state index in [0.29, 0.717) is 5.82 Å². The fourth-order valence-corrected chi connectivity index (χ4v) is 1.67. The van der Waals surface area contributed by atoms with Gasteiger partial charge in [-0.1, -0.05) is 0 Å². The summed E-state index contributed by atoms with van der Waals surface area (Å²) in [6.45, 7) is 0.891. The predicted octanol–water partition coefficient (Wildman–Crippen LogP) is 0.820. The second kappa shape index (κ2) is 4.55. The van der Waals surface area contributed by atoms with E-state index in [0.717, 1.165) is 19.4 Å². The third kappa shape index (κ3) is 2.64. The molecule has 1 aliphatic rings. The Kier molecular flexibility index (Phi) is 3.13. The first-order valence-corrected chi connectivity index (χ1v) is 5.16. The normalized spacial score (nSPS) is 20.2. The molecule has 0 saturated carbocycles. The lowest BCUT2D eigenvalue weighted by molar-refractivity contribution is -0.117. The summed E-state index contributed by atoms with van der Waals surface area (Å²) in [6.07, 6.45) is 3.40. The molecule has 0 aliphatic carbocycles. The van der Waals surface area contributed by atoms with Gasteiger partial charge in [-0.05, 0) is 37.1 Å². The summed E-state index contributed by atoms with van der Waals surface area (Å²) in [5.74, 6) is 0.371. The summed E-state index contributed by atoms with van der Waals surface area (Å²) >= 11 is 5.60. The largest absolute Gasteiger partial charge is 0.309 e. The Morgan fingerprint density at radius 2 is 2.53 bits per heavy atom. The fraction of sp³-hybridized carbons (Fsp3) is 0.444. The van der Waals surface area contributed by atoms with Crippen LogP contribution in [0.3, 0.4) is 0 Å². The number of halogens is 1. The summed E-state index contributed by atoms with van der Waals surface area (Å²) in [5, 5.41) is 5.92. The molecule has 1 aliphatic heterocycles. The molecule has 2 heterocycles. The van der Waals surface area contributed by atoms with Gasteiger partial charge in [0.05, 0.1) is 6.04 Å². The summed E-state index contributed by atoms with van der Waals surface area (Å²) in [7, 11) is 0. The predicted molar refractivity (Wildman–Crippen MR) is 56.7 cm³/mol. The number of aromatic nitrogens is 2. The molecule has 2 N–H and O–H groups in total.